The Kier molecular flexibility index (Phi) is 4.37. The Hall–Kier alpha value is -1.09. The molecule has 1 aliphatic rings. The summed E-state index contributed by atoms with van der Waals surface area (Å²) in [4.78, 5) is 5.93. The first kappa shape index (κ1) is 12.4. The van der Waals surface area contributed by atoms with Gasteiger partial charge in [-0.1, -0.05) is 37.3 Å². The standard InChI is InChI=1S/C14H20N2S/c1-2-6-14(17)16-11-9-15(10-12-16)13-7-4-3-5-8-13/h3-5,7-8H,2,6,9-12H2,1H3. The monoisotopic (exact) mass is 248 g/mol. The van der Waals surface area contributed by atoms with Gasteiger partial charge in [-0.3, -0.25) is 0 Å². The number of piperazine rings is 1. The van der Waals surface area contributed by atoms with Gasteiger partial charge in [0.25, 0.3) is 0 Å². The molecule has 0 spiro atoms. The summed E-state index contributed by atoms with van der Waals surface area (Å²) in [5.74, 6) is 0. The molecule has 0 saturated carbocycles. The maximum absolute atomic E-state index is 5.44. The first-order valence-corrected chi connectivity index (χ1v) is 6.80. The lowest BCUT2D eigenvalue weighted by atomic mass is 10.2. The smallest absolute Gasteiger partial charge is 0.0780 e. The third kappa shape index (κ3) is 3.19. The summed E-state index contributed by atoms with van der Waals surface area (Å²) < 4.78 is 0. The largest absolute Gasteiger partial charge is 0.368 e. The minimum absolute atomic E-state index is 1.06. The zero-order valence-electron chi connectivity index (χ0n) is 10.4. The van der Waals surface area contributed by atoms with Crippen molar-refractivity contribution in [3.63, 3.8) is 0 Å². The van der Waals surface area contributed by atoms with Crippen LogP contribution >= 0.6 is 12.2 Å². The molecule has 1 fully saturated rings. The summed E-state index contributed by atoms with van der Waals surface area (Å²) in [6, 6.07) is 10.6. The lowest BCUT2D eigenvalue weighted by molar-refractivity contribution is 0.385. The third-order valence-corrected chi connectivity index (χ3v) is 3.68. The number of benzene rings is 1. The lowest BCUT2D eigenvalue weighted by Gasteiger charge is -2.37. The number of hydrogen-bond acceptors (Lipinski definition) is 2. The summed E-state index contributed by atoms with van der Waals surface area (Å²) in [5, 5.41) is 0. The highest BCUT2D eigenvalue weighted by Crippen LogP contribution is 2.16. The van der Waals surface area contributed by atoms with E-state index in [1.807, 2.05) is 0 Å². The maximum Gasteiger partial charge on any atom is 0.0780 e. The minimum Gasteiger partial charge on any atom is -0.368 e. The van der Waals surface area contributed by atoms with Crippen LogP contribution in [0.3, 0.4) is 0 Å². The molecule has 1 aliphatic heterocycles. The molecule has 3 heteroatoms. The Morgan fingerprint density at radius 3 is 2.35 bits per heavy atom. The molecule has 92 valence electrons. The van der Waals surface area contributed by atoms with Crippen LogP contribution in [0.15, 0.2) is 30.3 Å². The molecule has 1 aromatic carbocycles. The molecule has 0 unspecified atom stereocenters. The topological polar surface area (TPSA) is 6.48 Å². The Morgan fingerprint density at radius 1 is 1.12 bits per heavy atom. The molecule has 0 aromatic heterocycles. The normalized spacial score (nSPS) is 16.1. The number of thiocarbonyl (C=S) groups is 1. The first-order valence-electron chi connectivity index (χ1n) is 6.39. The van der Waals surface area contributed by atoms with Gasteiger partial charge in [-0.05, 0) is 25.0 Å². The van der Waals surface area contributed by atoms with E-state index < -0.39 is 0 Å². The van der Waals surface area contributed by atoms with Gasteiger partial charge in [0.1, 0.15) is 0 Å². The van der Waals surface area contributed by atoms with E-state index in [1.165, 1.54) is 5.69 Å². The quantitative estimate of drug-likeness (QED) is 0.759. The van der Waals surface area contributed by atoms with E-state index in [1.54, 1.807) is 0 Å². The molecule has 2 nitrogen and oxygen atoms in total. The van der Waals surface area contributed by atoms with E-state index in [0.717, 1.165) is 44.0 Å². The van der Waals surface area contributed by atoms with Crippen molar-refractivity contribution in [1.82, 2.24) is 4.90 Å². The van der Waals surface area contributed by atoms with Crippen molar-refractivity contribution in [2.24, 2.45) is 0 Å². The molecule has 0 atom stereocenters. The number of para-hydroxylation sites is 1. The summed E-state index contributed by atoms with van der Waals surface area (Å²) in [7, 11) is 0. The molecule has 0 N–H and O–H groups in total. The van der Waals surface area contributed by atoms with E-state index in [4.69, 9.17) is 12.2 Å². The molecule has 0 radical (unpaired) electrons. The van der Waals surface area contributed by atoms with Crippen molar-refractivity contribution in [2.75, 3.05) is 31.1 Å². The Labute approximate surface area is 109 Å². The predicted octanol–water partition coefficient (Wildman–Crippen LogP) is 2.94. The van der Waals surface area contributed by atoms with E-state index in [0.29, 0.717) is 0 Å². The summed E-state index contributed by atoms with van der Waals surface area (Å²) in [5.41, 5.74) is 1.33. The second-order valence-electron chi connectivity index (χ2n) is 4.45. The van der Waals surface area contributed by atoms with Crippen molar-refractivity contribution >= 4 is 22.9 Å². The van der Waals surface area contributed by atoms with Gasteiger partial charge in [-0.25, -0.2) is 0 Å². The fourth-order valence-electron chi connectivity index (χ4n) is 2.22. The van der Waals surface area contributed by atoms with Gasteiger partial charge < -0.3 is 9.80 Å². The summed E-state index contributed by atoms with van der Waals surface area (Å²) in [6.07, 6.45) is 2.21. The average molecular weight is 248 g/mol. The predicted molar refractivity (Wildman–Crippen MR) is 77.7 cm³/mol. The fraction of sp³-hybridized carbons (Fsp3) is 0.500. The molecule has 2 rings (SSSR count). The maximum atomic E-state index is 5.44. The molecular formula is C14H20N2S. The van der Waals surface area contributed by atoms with Crippen LogP contribution < -0.4 is 4.90 Å². The van der Waals surface area contributed by atoms with Gasteiger partial charge in [0.05, 0.1) is 4.99 Å². The minimum atomic E-state index is 1.06. The van der Waals surface area contributed by atoms with Gasteiger partial charge in [-0.2, -0.15) is 0 Å². The van der Waals surface area contributed by atoms with Crippen LogP contribution in [0.2, 0.25) is 0 Å². The highest BCUT2D eigenvalue weighted by Gasteiger charge is 2.18. The number of hydrogen-bond donors (Lipinski definition) is 0. The van der Waals surface area contributed by atoms with Gasteiger partial charge in [0.15, 0.2) is 0 Å². The first-order chi connectivity index (χ1) is 8.31. The van der Waals surface area contributed by atoms with Gasteiger partial charge >= 0.3 is 0 Å². The van der Waals surface area contributed by atoms with Crippen LogP contribution in [0.1, 0.15) is 19.8 Å². The second kappa shape index (κ2) is 6.01. The van der Waals surface area contributed by atoms with Gasteiger partial charge in [-0.15, -0.1) is 0 Å². The van der Waals surface area contributed by atoms with Gasteiger partial charge in [0.2, 0.25) is 0 Å². The average Bonchev–Trinajstić information content (AvgIpc) is 2.40. The Bertz CT molecular complexity index is 356. The number of anilines is 1. The van der Waals surface area contributed by atoms with Crippen LogP contribution in [0, 0.1) is 0 Å². The lowest BCUT2D eigenvalue weighted by Crippen LogP contribution is -2.48. The van der Waals surface area contributed by atoms with E-state index in [9.17, 15) is 0 Å². The zero-order chi connectivity index (χ0) is 12.1. The van der Waals surface area contributed by atoms with Crippen LogP contribution in [-0.4, -0.2) is 36.1 Å². The number of nitrogens with zero attached hydrogens (tertiary/aromatic N) is 2. The molecule has 0 bridgehead atoms. The fourth-order valence-corrected chi connectivity index (χ4v) is 2.61. The highest BCUT2D eigenvalue weighted by atomic mass is 32.1. The highest BCUT2D eigenvalue weighted by molar-refractivity contribution is 7.80. The molecule has 17 heavy (non-hydrogen) atoms. The van der Waals surface area contributed by atoms with Crippen LogP contribution in [0.4, 0.5) is 5.69 Å². The molecule has 1 heterocycles. The van der Waals surface area contributed by atoms with Crippen molar-refractivity contribution in [3.8, 4) is 0 Å². The van der Waals surface area contributed by atoms with E-state index in [-0.39, 0.29) is 0 Å². The summed E-state index contributed by atoms with van der Waals surface area (Å²) >= 11 is 5.44. The van der Waals surface area contributed by atoms with E-state index >= 15 is 0 Å². The van der Waals surface area contributed by atoms with Crippen LogP contribution in [0.25, 0.3) is 0 Å². The van der Waals surface area contributed by atoms with Crippen LogP contribution in [0.5, 0.6) is 0 Å². The Balaban J connectivity index is 1.88. The molecule has 0 aliphatic carbocycles. The molecule has 1 saturated heterocycles. The zero-order valence-corrected chi connectivity index (χ0v) is 11.2. The van der Waals surface area contributed by atoms with Crippen molar-refractivity contribution in [2.45, 2.75) is 19.8 Å². The van der Waals surface area contributed by atoms with Crippen molar-refractivity contribution in [3.05, 3.63) is 30.3 Å². The molecular weight excluding hydrogens is 228 g/mol. The number of rotatable bonds is 3. The third-order valence-electron chi connectivity index (χ3n) is 3.22. The van der Waals surface area contributed by atoms with Crippen molar-refractivity contribution in [1.29, 1.82) is 0 Å². The van der Waals surface area contributed by atoms with Gasteiger partial charge in [0, 0.05) is 31.9 Å². The van der Waals surface area contributed by atoms with Crippen molar-refractivity contribution < 1.29 is 0 Å². The Morgan fingerprint density at radius 2 is 1.76 bits per heavy atom. The second-order valence-corrected chi connectivity index (χ2v) is 4.92. The molecule has 0 amide bonds. The molecule has 1 aromatic rings. The van der Waals surface area contributed by atoms with E-state index in [2.05, 4.69) is 47.1 Å². The SMILES string of the molecule is CCCC(=S)N1CCN(c2ccccc2)CC1. The summed E-state index contributed by atoms with van der Waals surface area (Å²) in [6.45, 7) is 6.47. The van der Waals surface area contributed by atoms with Crippen LogP contribution in [-0.2, 0) is 0 Å².